The summed E-state index contributed by atoms with van der Waals surface area (Å²) in [6.07, 6.45) is 0. The van der Waals surface area contributed by atoms with E-state index in [1.165, 1.54) is 5.56 Å². The summed E-state index contributed by atoms with van der Waals surface area (Å²) < 4.78 is 0. The van der Waals surface area contributed by atoms with Gasteiger partial charge in [-0.25, -0.2) is 0 Å². The van der Waals surface area contributed by atoms with Gasteiger partial charge in [0.1, 0.15) is 0 Å². The first-order valence-corrected chi connectivity index (χ1v) is 4.92. The van der Waals surface area contributed by atoms with Crippen LogP contribution in [0.25, 0.3) is 5.70 Å². The molecule has 1 heteroatoms. The third-order valence-corrected chi connectivity index (χ3v) is 2.40. The van der Waals surface area contributed by atoms with Crippen molar-refractivity contribution in [3.8, 4) is 0 Å². The van der Waals surface area contributed by atoms with Gasteiger partial charge in [0.2, 0.25) is 0 Å². The molecule has 0 atom stereocenters. The maximum atomic E-state index is 3.92. The highest BCUT2D eigenvalue weighted by Gasteiger charge is 2.12. The maximum Gasteiger partial charge on any atom is 0.0338 e. The SMILES string of the molecule is C=C(NC)c1ccc(C(C)(C)C)cc1. The highest BCUT2D eigenvalue weighted by atomic mass is 14.8. The second-order valence-corrected chi connectivity index (χ2v) is 4.56. The monoisotopic (exact) mass is 189 g/mol. The van der Waals surface area contributed by atoms with Crippen LogP contribution in [0.2, 0.25) is 0 Å². The van der Waals surface area contributed by atoms with E-state index in [4.69, 9.17) is 0 Å². The molecule has 0 heterocycles. The minimum absolute atomic E-state index is 0.222. The summed E-state index contributed by atoms with van der Waals surface area (Å²) >= 11 is 0. The Hall–Kier alpha value is -1.24. The molecule has 0 aliphatic heterocycles. The Morgan fingerprint density at radius 3 is 2.00 bits per heavy atom. The molecule has 0 amide bonds. The zero-order chi connectivity index (χ0) is 10.8. The Kier molecular flexibility index (Phi) is 3.00. The van der Waals surface area contributed by atoms with Crippen molar-refractivity contribution in [1.82, 2.24) is 5.32 Å². The third kappa shape index (κ3) is 2.38. The van der Waals surface area contributed by atoms with E-state index in [-0.39, 0.29) is 5.41 Å². The smallest absolute Gasteiger partial charge is 0.0338 e. The molecule has 0 spiro atoms. The van der Waals surface area contributed by atoms with E-state index < -0.39 is 0 Å². The van der Waals surface area contributed by atoms with Gasteiger partial charge in [0.15, 0.2) is 0 Å². The Labute approximate surface area is 86.8 Å². The van der Waals surface area contributed by atoms with E-state index in [1.54, 1.807) is 0 Å². The predicted octanol–water partition coefficient (Wildman–Crippen LogP) is 3.17. The molecule has 0 aliphatic carbocycles. The van der Waals surface area contributed by atoms with Gasteiger partial charge in [-0.2, -0.15) is 0 Å². The molecule has 1 rings (SSSR count). The highest BCUT2D eigenvalue weighted by Crippen LogP contribution is 2.23. The number of nitrogens with one attached hydrogen (secondary N) is 1. The van der Waals surface area contributed by atoms with Crippen molar-refractivity contribution in [3.63, 3.8) is 0 Å². The maximum absolute atomic E-state index is 3.92. The van der Waals surface area contributed by atoms with Crippen LogP contribution in [0.15, 0.2) is 30.8 Å². The van der Waals surface area contributed by atoms with Crippen LogP contribution in [0, 0.1) is 0 Å². The molecular weight excluding hydrogens is 170 g/mol. The number of rotatable bonds is 2. The summed E-state index contributed by atoms with van der Waals surface area (Å²) in [6, 6.07) is 8.55. The van der Waals surface area contributed by atoms with Gasteiger partial charge in [-0.3, -0.25) is 0 Å². The van der Waals surface area contributed by atoms with Crippen molar-refractivity contribution in [2.45, 2.75) is 26.2 Å². The van der Waals surface area contributed by atoms with Gasteiger partial charge < -0.3 is 5.32 Å². The summed E-state index contributed by atoms with van der Waals surface area (Å²) in [5, 5.41) is 3.04. The fourth-order valence-corrected chi connectivity index (χ4v) is 1.32. The second-order valence-electron chi connectivity index (χ2n) is 4.56. The average Bonchev–Trinajstić information content (AvgIpc) is 2.15. The van der Waals surface area contributed by atoms with Crippen LogP contribution >= 0.6 is 0 Å². The van der Waals surface area contributed by atoms with Crippen LogP contribution in [0.1, 0.15) is 31.9 Å². The molecule has 0 saturated heterocycles. The van der Waals surface area contributed by atoms with Crippen molar-refractivity contribution in [2.24, 2.45) is 0 Å². The van der Waals surface area contributed by atoms with Crippen molar-refractivity contribution in [1.29, 1.82) is 0 Å². The fourth-order valence-electron chi connectivity index (χ4n) is 1.32. The molecule has 1 N–H and O–H groups in total. The summed E-state index contributed by atoms with van der Waals surface area (Å²) in [6.45, 7) is 10.6. The van der Waals surface area contributed by atoms with Gasteiger partial charge in [0, 0.05) is 12.7 Å². The van der Waals surface area contributed by atoms with E-state index in [9.17, 15) is 0 Å². The first-order chi connectivity index (χ1) is 6.45. The summed E-state index contributed by atoms with van der Waals surface area (Å²) in [5.74, 6) is 0. The molecule has 0 saturated carbocycles. The standard InChI is InChI=1S/C13H19N/c1-10(14-5)11-6-8-12(9-7-11)13(2,3)4/h6-9,14H,1H2,2-5H3. The predicted molar refractivity (Wildman–Crippen MR) is 63.2 cm³/mol. The second kappa shape index (κ2) is 3.87. The molecule has 1 aromatic rings. The molecule has 1 nitrogen and oxygen atoms in total. The summed E-state index contributed by atoms with van der Waals surface area (Å²) in [4.78, 5) is 0. The van der Waals surface area contributed by atoms with Gasteiger partial charge in [0.25, 0.3) is 0 Å². The highest BCUT2D eigenvalue weighted by molar-refractivity contribution is 5.61. The molecule has 0 fully saturated rings. The molecule has 0 aromatic heterocycles. The van der Waals surface area contributed by atoms with Crippen LogP contribution in [0.5, 0.6) is 0 Å². The van der Waals surface area contributed by atoms with Crippen molar-refractivity contribution in [3.05, 3.63) is 42.0 Å². The zero-order valence-corrected chi connectivity index (χ0v) is 9.52. The van der Waals surface area contributed by atoms with Gasteiger partial charge in [-0.15, -0.1) is 0 Å². The normalized spacial score (nSPS) is 11.1. The van der Waals surface area contributed by atoms with Crippen molar-refractivity contribution < 1.29 is 0 Å². The number of hydrogen-bond donors (Lipinski definition) is 1. The average molecular weight is 189 g/mol. The largest absolute Gasteiger partial charge is 0.388 e. The van der Waals surface area contributed by atoms with Crippen LogP contribution < -0.4 is 5.32 Å². The van der Waals surface area contributed by atoms with Crippen LogP contribution in [-0.2, 0) is 5.41 Å². The Morgan fingerprint density at radius 1 is 1.14 bits per heavy atom. The summed E-state index contributed by atoms with van der Waals surface area (Å²) in [5.41, 5.74) is 3.69. The molecule has 0 radical (unpaired) electrons. The lowest BCUT2D eigenvalue weighted by molar-refractivity contribution is 0.590. The topological polar surface area (TPSA) is 12.0 Å². The van der Waals surface area contributed by atoms with Crippen LogP contribution in [0.3, 0.4) is 0 Å². The minimum Gasteiger partial charge on any atom is -0.388 e. The summed E-state index contributed by atoms with van der Waals surface area (Å²) in [7, 11) is 1.89. The first-order valence-electron chi connectivity index (χ1n) is 4.92. The molecule has 76 valence electrons. The van der Waals surface area contributed by atoms with Gasteiger partial charge in [0.05, 0.1) is 0 Å². The van der Waals surface area contributed by atoms with Gasteiger partial charge >= 0.3 is 0 Å². The molecule has 1 aromatic carbocycles. The fraction of sp³-hybridized carbons (Fsp3) is 0.385. The van der Waals surface area contributed by atoms with Crippen molar-refractivity contribution >= 4 is 5.70 Å². The molecule has 0 aliphatic rings. The Morgan fingerprint density at radius 2 is 1.64 bits per heavy atom. The van der Waals surface area contributed by atoms with E-state index in [0.717, 1.165) is 11.3 Å². The lowest BCUT2D eigenvalue weighted by Gasteiger charge is -2.19. The lowest BCUT2D eigenvalue weighted by atomic mass is 9.86. The minimum atomic E-state index is 0.222. The van der Waals surface area contributed by atoms with E-state index in [2.05, 4.69) is 56.9 Å². The Bertz CT molecular complexity index is 314. The number of benzene rings is 1. The van der Waals surface area contributed by atoms with Gasteiger partial charge in [-0.1, -0.05) is 51.6 Å². The molecule has 14 heavy (non-hydrogen) atoms. The van der Waals surface area contributed by atoms with Crippen molar-refractivity contribution in [2.75, 3.05) is 7.05 Å². The molecule has 0 bridgehead atoms. The number of hydrogen-bond acceptors (Lipinski definition) is 1. The van der Waals surface area contributed by atoms with Gasteiger partial charge in [-0.05, 0) is 16.5 Å². The molecular formula is C13H19N. The van der Waals surface area contributed by atoms with E-state index >= 15 is 0 Å². The first kappa shape index (κ1) is 10.8. The zero-order valence-electron chi connectivity index (χ0n) is 9.52. The van der Waals surface area contributed by atoms with Crippen LogP contribution in [0.4, 0.5) is 0 Å². The third-order valence-electron chi connectivity index (χ3n) is 2.40. The van der Waals surface area contributed by atoms with E-state index in [1.807, 2.05) is 7.05 Å². The molecule has 0 unspecified atom stereocenters. The Balaban J connectivity index is 2.95. The lowest BCUT2D eigenvalue weighted by Crippen LogP contribution is -2.11. The van der Waals surface area contributed by atoms with Crippen LogP contribution in [-0.4, -0.2) is 7.05 Å². The van der Waals surface area contributed by atoms with E-state index in [0.29, 0.717) is 0 Å². The quantitative estimate of drug-likeness (QED) is 0.753.